The predicted octanol–water partition coefficient (Wildman–Crippen LogP) is 4.40. The number of pyridine rings is 2. The quantitative estimate of drug-likeness (QED) is 0.393. The molecule has 2 aliphatic rings. The van der Waals surface area contributed by atoms with Crippen LogP contribution in [0.1, 0.15) is 44.6 Å². The van der Waals surface area contributed by atoms with E-state index in [1.807, 2.05) is 35.3 Å². The van der Waals surface area contributed by atoms with Crippen LogP contribution < -0.4 is 5.32 Å². The molecule has 0 spiro atoms. The minimum absolute atomic E-state index is 0.382. The summed E-state index contributed by atoms with van der Waals surface area (Å²) in [6.45, 7) is 8.06. The first-order valence-corrected chi connectivity index (χ1v) is 12.8. The summed E-state index contributed by atoms with van der Waals surface area (Å²) >= 11 is 0. The van der Waals surface area contributed by atoms with Crippen molar-refractivity contribution in [1.82, 2.24) is 34.8 Å². The molecule has 0 aliphatic carbocycles. The van der Waals surface area contributed by atoms with Crippen LogP contribution in [0.25, 0.3) is 22.2 Å². The number of nitrogens with zero attached hydrogens (tertiary/aromatic N) is 7. The Balaban J connectivity index is 1.13. The smallest absolute Gasteiger partial charge is 0.154 e. The molecule has 2 saturated heterocycles. The highest BCUT2D eigenvalue weighted by Crippen LogP contribution is 2.29. The van der Waals surface area contributed by atoms with E-state index in [1.54, 1.807) is 6.20 Å². The van der Waals surface area contributed by atoms with Gasteiger partial charge in [0.25, 0.3) is 0 Å². The van der Waals surface area contributed by atoms with Crippen LogP contribution in [0.15, 0.2) is 49.1 Å². The van der Waals surface area contributed by atoms with Crippen LogP contribution in [-0.4, -0.2) is 66.7 Å². The lowest BCUT2D eigenvalue weighted by Crippen LogP contribution is -2.46. The van der Waals surface area contributed by atoms with Crippen molar-refractivity contribution in [2.24, 2.45) is 0 Å². The molecule has 0 aromatic carbocycles. The van der Waals surface area contributed by atoms with Crippen LogP contribution in [-0.2, 0) is 11.3 Å². The van der Waals surface area contributed by atoms with Gasteiger partial charge in [-0.05, 0) is 55.0 Å². The van der Waals surface area contributed by atoms with E-state index in [0.717, 1.165) is 60.4 Å². The van der Waals surface area contributed by atoms with Gasteiger partial charge in [0.05, 0.1) is 36.6 Å². The SMILES string of the molecule is CC(C)c1cnnc(Nc2ccc3ncc(-c4cnn(CCCN5C6CCC5COC6)c4)cc3n2)c1. The Hall–Kier alpha value is -3.43. The zero-order valence-corrected chi connectivity index (χ0v) is 20.8. The standard InChI is InChI=1S/C27H32N8O/c1-18(2)19-11-27(33-29-13-19)32-26-7-6-24-25(31-26)10-20(12-28-24)21-14-30-34(15-21)8-3-9-35-22-4-5-23(35)17-36-16-22/h6-7,10-15,18,22-23H,3-5,8-9,16-17H2,1-2H3,(H,31,32,33). The number of hydrogen-bond donors (Lipinski definition) is 1. The maximum absolute atomic E-state index is 5.70. The molecule has 36 heavy (non-hydrogen) atoms. The van der Waals surface area contributed by atoms with Crippen molar-refractivity contribution in [3.8, 4) is 11.1 Å². The van der Waals surface area contributed by atoms with Crippen molar-refractivity contribution in [3.05, 3.63) is 54.6 Å². The summed E-state index contributed by atoms with van der Waals surface area (Å²) in [4.78, 5) is 12.0. The van der Waals surface area contributed by atoms with E-state index in [-0.39, 0.29) is 0 Å². The van der Waals surface area contributed by atoms with E-state index in [9.17, 15) is 0 Å². The maximum Gasteiger partial charge on any atom is 0.154 e. The van der Waals surface area contributed by atoms with Crippen molar-refractivity contribution in [2.45, 2.75) is 57.7 Å². The molecule has 1 N–H and O–H groups in total. The molecule has 186 valence electrons. The molecular weight excluding hydrogens is 452 g/mol. The third kappa shape index (κ3) is 4.81. The number of morpholine rings is 1. The van der Waals surface area contributed by atoms with Crippen molar-refractivity contribution in [2.75, 3.05) is 25.1 Å². The van der Waals surface area contributed by atoms with Crippen LogP contribution in [0.4, 0.5) is 11.6 Å². The molecule has 4 aromatic rings. The van der Waals surface area contributed by atoms with Gasteiger partial charge in [0, 0.05) is 48.7 Å². The van der Waals surface area contributed by atoms with Crippen molar-refractivity contribution >= 4 is 22.7 Å². The summed E-state index contributed by atoms with van der Waals surface area (Å²) < 4.78 is 7.74. The molecule has 2 bridgehead atoms. The van der Waals surface area contributed by atoms with E-state index < -0.39 is 0 Å². The number of aromatic nitrogens is 6. The van der Waals surface area contributed by atoms with E-state index in [4.69, 9.17) is 9.72 Å². The fourth-order valence-corrected chi connectivity index (χ4v) is 5.25. The Labute approximate surface area is 210 Å². The average Bonchev–Trinajstić information content (AvgIpc) is 3.44. The number of rotatable bonds is 8. The first kappa shape index (κ1) is 23.0. The Morgan fingerprint density at radius 3 is 2.67 bits per heavy atom. The van der Waals surface area contributed by atoms with Crippen LogP contribution >= 0.6 is 0 Å². The molecule has 0 saturated carbocycles. The summed E-state index contributed by atoms with van der Waals surface area (Å²) in [5, 5.41) is 16.2. The van der Waals surface area contributed by atoms with Crippen molar-refractivity contribution in [3.63, 3.8) is 0 Å². The fraction of sp³-hybridized carbons (Fsp3) is 0.444. The highest BCUT2D eigenvalue weighted by atomic mass is 16.5. The molecule has 9 heteroatoms. The molecule has 2 fully saturated rings. The van der Waals surface area contributed by atoms with Gasteiger partial charge >= 0.3 is 0 Å². The van der Waals surface area contributed by atoms with Gasteiger partial charge in [-0.1, -0.05) is 13.8 Å². The lowest BCUT2D eigenvalue weighted by Gasteiger charge is -2.34. The molecule has 6 heterocycles. The summed E-state index contributed by atoms with van der Waals surface area (Å²) in [7, 11) is 0. The molecule has 6 rings (SSSR count). The van der Waals surface area contributed by atoms with Gasteiger partial charge in [0.15, 0.2) is 5.82 Å². The number of anilines is 2. The summed E-state index contributed by atoms with van der Waals surface area (Å²) in [5.41, 5.74) is 4.85. The van der Waals surface area contributed by atoms with Crippen LogP contribution in [0.5, 0.6) is 0 Å². The molecule has 0 radical (unpaired) electrons. The fourth-order valence-electron chi connectivity index (χ4n) is 5.25. The monoisotopic (exact) mass is 484 g/mol. The molecule has 2 unspecified atom stereocenters. The third-order valence-corrected chi connectivity index (χ3v) is 7.30. The number of hydrogen-bond acceptors (Lipinski definition) is 8. The van der Waals surface area contributed by atoms with Crippen molar-refractivity contribution < 1.29 is 4.74 Å². The Bertz CT molecular complexity index is 1340. The molecule has 4 aromatic heterocycles. The van der Waals surface area contributed by atoms with Crippen LogP contribution in [0.3, 0.4) is 0 Å². The van der Waals surface area contributed by atoms with Gasteiger partial charge in [-0.2, -0.15) is 10.2 Å². The number of fused-ring (bicyclic) bond motifs is 3. The van der Waals surface area contributed by atoms with E-state index in [2.05, 4.69) is 56.6 Å². The van der Waals surface area contributed by atoms with Gasteiger partial charge in [0.2, 0.25) is 0 Å². The predicted molar refractivity (Wildman–Crippen MR) is 139 cm³/mol. The first-order chi connectivity index (χ1) is 17.6. The molecule has 2 aliphatic heterocycles. The van der Waals surface area contributed by atoms with Crippen LogP contribution in [0, 0.1) is 0 Å². The number of nitrogens with one attached hydrogen (secondary N) is 1. The van der Waals surface area contributed by atoms with Crippen LogP contribution in [0.2, 0.25) is 0 Å². The lowest BCUT2D eigenvalue weighted by atomic mass is 10.1. The summed E-state index contributed by atoms with van der Waals surface area (Å²) in [6, 6.07) is 9.18. The summed E-state index contributed by atoms with van der Waals surface area (Å²) in [6.07, 6.45) is 11.3. The van der Waals surface area contributed by atoms with Gasteiger partial charge in [-0.25, -0.2) is 4.98 Å². The molecule has 9 nitrogen and oxygen atoms in total. The third-order valence-electron chi connectivity index (χ3n) is 7.30. The highest BCUT2D eigenvalue weighted by molar-refractivity contribution is 5.81. The minimum atomic E-state index is 0.382. The molecule has 2 atom stereocenters. The van der Waals surface area contributed by atoms with Gasteiger partial charge in [0.1, 0.15) is 5.82 Å². The average molecular weight is 485 g/mol. The zero-order valence-electron chi connectivity index (χ0n) is 20.8. The second-order valence-corrected chi connectivity index (χ2v) is 10.1. The first-order valence-electron chi connectivity index (χ1n) is 12.8. The second kappa shape index (κ2) is 9.91. The highest BCUT2D eigenvalue weighted by Gasteiger charge is 2.36. The molecular formula is C27H32N8O. The Morgan fingerprint density at radius 1 is 0.972 bits per heavy atom. The summed E-state index contributed by atoms with van der Waals surface area (Å²) in [5.74, 6) is 1.78. The largest absolute Gasteiger partial charge is 0.378 e. The zero-order chi connectivity index (χ0) is 24.5. The van der Waals surface area contributed by atoms with Gasteiger partial charge in [-0.3, -0.25) is 14.6 Å². The van der Waals surface area contributed by atoms with Gasteiger partial charge < -0.3 is 10.1 Å². The Kier molecular flexibility index (Phi) is 6.33. The normalized spacial score (nSPS) is 19.9. The van der Waals surface area contributed by atoms with E-state index in [1.165, 1.54) is 12.8 Å². The van der Waals surface area contributed by atoms with Crippen molar-refractivity contribution in [1.29, 1.82) is 0 Å². The lowest BCUT2D eigenvalue weighted by molar-refractivity contribution is -0.0153. The number of ether oxygens (including phenoxy) is 1. The maximum atomic E-state index is 5.70. The van der Waals surface area contributed by atoms with E-state index >= 15 is 0 Å². The van der Waals surface area contributed by atoms with E-state index in [0.29, 0.717) is 29.6 Å². The number of aryl methyl sites for hydroxylation is 1. The second-order valence-electron chi connectivity index (χ2n) is 10.1. The Morgan fingerprint density at radius 2 is 1.83 bits per heavy atom. The van der Waals surface area contributed by atoms with Gasteiger partial charge in [-0.15, -0.1) is 5.10 Å². The topological polar surface area (TPSA) is 93.9 Å². The minimum Gasteiger partial charge on any atom is -0.378 e. The molecule has 0 amide bonds.